The van der Waals surface area contributed by atoms with Gasteiger partial charge in [-0.3, -0.25) is 14.1 Å². The van der Waals surface area contributed by atoms with Crippen LogP contribution in [0.15, 0.2) is 66.4 Å². The lowest BCUT2D eigenvalue weighted by atomic mass is 9.77. The number of amides is 2. The SMILES string of the molecule is CC1(CCCCS(=O)(=O)O)C(=CC=Cc2ccc3ccccc3[n+]2CCCCS(=O)(=O)[O-])N(CCCCCC(=O)ON2C(=O)CCC2=O)c2cc(F)cc(F)c21. The number of carbonyl (C=O) groups excluding carboxylic acids is 3. The average Bonchev–Trinajstić information content (AvgIpc) is 3.55. The van der Waals surface area contributed by atoms with Crippen LogP contribution in [0.1, 0.15) is 88.8 Å². The Morgan fingerprint density at radius 3 is 2.38 bits per heavy atom. The molecule has 2 aliphatic heterocycles. The van der Waals surface area contributed by atoms with Gasteiger partial charge in [0.2, 0.25) is 11.2 Å². The van der Waals surface area contributed by atoms with E-state index in [-0.39, 0.29) is 57.1 Å². The number of hydrogen-bond acceptors (Lipinski definition) is 10. The number of halogens is 2. The second kappa shape index (κ2) is 18.1. The van der Waals surface area contributed by atoms with Crippen LogP contribution in [0.2, 0.25) is 0 Å². The van der Waals surface area contributed by atoms with Gasteiger partial charge in [-0.1, -0.05) is 31.1 Å². The zero-order chi connectivity index (χ0) is 40.7. The molecule has 2 aliphatic rings. The predicted molar refractivity (Wildman–Crippen MR) is 202 cm³/mol. The van der Waals surface area contributed by atoms with Crippen molar-refractivity contribution in [3.05, 3.63) is 89.3 Å². The molecule has 13 nitrogen and oxygen atoms in total. The highest BCUT2D eigenvalue weighted by Gasteiger charge is 2.45. The molecule has 3 aromatic rings. The Labute approximate surface area is 325 Å². The van der Waals surface area contributed by atoms with E-state index in [1.165, 1.54) is 6.07 Å². The molecule has 17 heteroatoms. The molecule has 1 fully saturated rings. The lowest BCUT2D eigenvalue weighted by molar-refractivity contribution is -0.673. The molecule has 1 atom stereocenters. The number of nitrogens with zero attached hydrogens (tertiary/aromatic N) is 3. The number of hydrogen-bond donors (Lipinski definition) is 1. The number of rotatable bonds is 19. The van der Waals surface area contributed by atoms with Gasteiger partial charge in [0.25, 0.3) is 21.9 Å². The third-order valence-corrected chi connectivity index (χ3v) is 11.6. The fourth-order valence-electron chi connectivity index (χ4n) is 7.39. The summed E-state index contributed by atoms with van der Waals surface area (Å²) in [6.07, 6.45) is 7.86. The standard InChI is InChI=1S/C39H45F2N3O10S2/c1-39(21-6-9-24-55(48,49)50)34(15-11-13-30-18-17-28-12-4-5-14-32(28)42(30)22-8-10-25-56(51,52)53)43(33-27-29(40)26-31(41)38(33)39)23-7-2-3-16-37(47)54-44-35(45)19-20-36(44)46/h4-5,11-15,17-18,26-27H,2-3,6-10,16,19-25H2,1H3,(H-,48,49,50,51,52,53). The summed E-state index contributed by atoms with van der Waals surface area (Å²) in [5.74, 6) is -4.38. The number of benzene rings is 2. The van der Waals surface area contributed by atoms with Gasteiger partial charge in [0, 0.05) is 84.3 Å². The van der Waals surface area contributed by atoms with E-state index < -0.39 is 66.6 Å². The molecular formula is C39H45F2N3O10S2. The van der Waals surface area contributed by atoms with Crippen molar-refractivity contribution < 1.29 is 58.5 Å². The van der Waals surface area contributed by atoms with E-state index in [1.54, 1.807) is 19.1 Å². The first kappa shape index (κ1) is 42.6. The number of carbonyl (C=O) groups is 3. The number of hydroxylamine groups is 2. The van der Waals surface area contributed by atoms with E-state index in [4.69, 9.17) is 4.84 Å². The maximum Gasteiger partial charge on any atom is 0.333 e. The topological polar surface area (TPSA) is 182 Å². The van der Waals surface area contributed by atoms with Crippen molar-refractivity contribution in [2.45, 2.75) is 89.5 Å². The Bertz CT molecular complexity index is 2250. The van der Waals surface area contributed by atoms with Crippen LogP contribution in [0, 0.1) is 11.6 Å². The van der Waals surface area contributed by atoms with Crippen molar-refractivity contribution in [2.75, 3.05) is 23.0 Å². The normalized spacial score (nSPS) is 18.2. The predicted octanol–water partition coefficient (Wildman–Crippen LogP) is 5.63. The minimum atomic E-state index is -4.36. The molecule has 1 N–H and O–H groups in total. The fraction of sp³-hybridized carbons (Fsp3) is 0.436. The minimum absolute atomic E-state index is 0.0187. The Morgan fingerprint density at radius 2 is 1.66 bits per heavy atom. The molecule has 2 aromatic carbocycles. The van der Waals surface area contributed by atoms with Gasteiger partial charge in [-0.05, 0) is 63.3 Å². The van der Waals surface area contributed by atoms with Crippen molar-refractivity contribution in [2.24, 2.45) is 0 Å². The highest BCUT2D eigenvalue weighted by Crippen LogP contribution is 2.52. The molecule has 1 aromatic heterocycles. The van der Waals surface area contributed by atoms with Gasteiger partial charge in [0.05, 0.1) is 21.6 Å². The third kappa shape index (κ3) is 10.8. The second-order valence-electron chi connectivity index (χ2n) is 14.2. The maximum absolute atomic E-state index is 15.8. The molecule has 3 heterocycles. The number of aryl methyl sites for hydroxylation is 1. The fourth-order valence-corrected chi connectivity index (χ4v) is 8.51. The number of allylic oxidation sites excluding steroid dienone is 3. The van der Waals surface area contributed by atoms with Gasteiger partial charge >= 0.3 is 5.97 Å². The van der Waals surface area contributed by atoms with Crippen molar-refractivity contribution in [3.8, 4) is 0 Å². The number of aromatic nitrogens is 1. The maximum atomic E-state index is 15.8. The summed E-state index contributed by atoms with van der Waals surface area (Å²) in [6, 6.07) is 13.5. The van der Waals surface area contributed by atoms with E-state index in [9.17, 15) is 44.7 Å². The third-order valence-electron chi connectivity index (χ3n) is 10.0. The van der Waals surface area contributed by atoms with Gasteiger partial charge in [0.1, 0.15) is 18.2 Å². The van der Waals surface area contributed by atoms with Crippen LogP contribution in [0.4, 0.5) is 14.5 Å². The van der Waals surface area contributed by atoms with Crippen molar-refractivity contribution in [1.29, 1.82) is 0 Å². The summed E-state index contributed by atoms with van der Waals surface area (Å²) >= 11 is 0. The molecule has 0 aliphatic carbocycles. The number of unbranched alkanes of at least 4 members (excludes halogenated alkanes) is 4. The molecule has 302 valence electrons. The van der Waals surface area contributed by atoms with Gasteiger partial charge in [-0.15, -0.1) is 5.06 Å². The molecule has 0 radical (unpaired) electrons. The number of para-hydroxylation sites is 1. The van der Waals surface area contributed by atoms with Crippen LogP contribution in [0.5, 0.6) is 0 Å². The van der Waals surface area contributed by atoms with Crippen LogP contribution in [0.25, 0.3) is 17.0 Å². The number of imide groups is 1. The van der Waals surface area contributed by atoms with Crippen LogP contribution >= 0.6 is 0 Å². The van der Waals surface area contributed by atoms with Crippen molar-refractivity contribution in [1.82, 2.24) is 5.06 Å². The monoisotopic (exact) mass is 817 g/mol. The van der Waals surface area contributed by atoms with Crippen molar-refractivity contribution in [3.63, 3.8) is 0 Å². The zero-order valence-electron chi connectivity index (χ0n) is 31.0. The number of anilines is 1. The number of pyridine rings is 1. The van der Waals surface area contributed by atoms with Crippen LogP contribution in [-0.2, 0) is 51.4 Å². The molecule has 0 spiro atoms. The summed E-state index contributed by atoms with van der Waals surface area (Å²) in [6.45, 7) is 2.50. The first-order valence-electron chi connectivity index (χ1n) is 18.5. The van der Waals surface area contributed by atoms with Gasteiger partial charge < -0.3 is 14.3 Å². The lowest BCUT2D eigenvalue weighted by Crippen LogP contribution is -2.38. The van der Waals surface area contributed by atoms with E-state index in [2.05, 4.69) is 0 Å². The van der Waals surface area contributed by atoms with Crippen LogP contribution in [0.3, 0.4) is 0 Å². The van der Waals surface area contributed by atoms with Gasteiger partial charge in [-0.25, -0.2) is 22.0 Å². The first-order valence-corrected chi connectivity index (χ1v) is 21.7. The smallest absolute Gasteiger partial charge is 0.333 e. The molecule has 2 amide bonds. The minimum Gasteiger partial charge on any atom is -0.748 e. The highest BCUT2D eigenvalue weighted by molar-refractivity contribution is 7.85. The van der Waals surface area contributed by atoms with Crippen molar-refractivity contribution >= 4 is 60.7 Å². The van der Waals surface area contributed by atoms with E-state index >= 15 is 4.39 Å². The molecule has 5 rings (SSSR count). The van der Waals surface area contributed by atoms with Gasteiger partial charge in [-0.2, -0.15) is 13.0 Å². The number of fused-ring (bicyclic) bond motifs is 2. The average molecular weight is 818 g/mol. The first-order chi connectivity index (χ1) is 26.5. The molecule has 1 unspecified atom stereocenters. The molecule has 56 heavy (non-hydrogen) atoms. The molecule has 0 saturated carbocycles. The molecule has 0 bridgehead atoms. The zero-order valence-corrected chi connectivity index (χ0v) is 32.6. The van der Waals surface area contributed by atoms with E-state index in [0.29, 0.717) is 48.7 Å². The van der Waals surface area contributed by atoms with E-state index in [0.717, 1.165) is 22.7 Å². The van der Waals surface area contributed by atoms with E-state index in [1.807, 2.05) is 51.9 Å². The highest BCUT2D eigenvalue weighted by atomic mass is 32.2. The summed E-state index contributed by atoms with van der Waals surface area (Å²) in [5, 5.41) is 1.44. The Balaban J connectivity index is 1.42. The molecular weight excluding hydrogens is 773 g/mol. The quantitative estimate of drug-likeness (QED) is 0.0685. The summed E-state index contributed by atoms with van der Waals surface area (Å²) in [7, 11) is -8.59. The Morgan fingerprint density at radius 1 is 0.946 bits per heavy atom. The second-order valence-corrected chi connectivity index (χ2v) is 17.3. The largest absolute Gasteiger partial charge is 0.748 e. The lowest BCUT2D eigenvalue weighted by Gasteiger charge is -2.30. The summed E-state index contributed by atoms with van der Waals surface area (Å²) in [4.78, 5) is 42.7. The van der Waals surface area contributed by atoms with Crippen LogP contribution < -0.4 is 9.47 Å². The summed E-state index contributed by atoms with van der Waals surface area (Å²) in [5.41, 5.74) is 1.73. The Hall–Kier alpha value is -4.58. The van der Waals surface area contributed by atoms with Gasteiger partial charge in [0.15, 0.2) is 0 Å². The summed E-state index contributed by atoms with van der Waals surface area (Å²) < 4.78 is 98.6. The molecule has 1 saturated heterocycles. The Kier molecular flexibility index (Phi) is 13.8. The van der Waals surface area contributed by atoms with Crippen LogP contribution in [-0.4, -0.2) is 66.8 Å².